The normalized spacial score (nSPS) is 24.2. The number of benzene rings is 1. The zero-order chi connectivity index (χ0) is 14.2. The highest BCUT2D eigenvalue weighted by Gasteiger charge is 2.42. The van der Waals surface area contributed by atoms with Crippen LogP contribution in [-0.2, 0) is 12.0 Å². The lowest BCUT2D eigenvalue weighted by Crippen LogP contribution is -3.10. The highest BCUT2D eigenvalue weighted by atomic mass is 16.5. The van der Waals surface area contributed by atoms with Crippen molar-refractivity contribution in [3.63, 3.8) is 0 Å². The molecule has 0 radical (unpaired) electrons. The second kappa shape index (κ2) is 5.28. The highest BCUT2D eigenvalue weighted by Crippen LogP contribution is 2.44. The molecule has 1 unspecified atom stereocenters. The van der Waals surface area contributed by atoms with Gasteiger partial charge >= 0.3 is 0 Å². The van der Waals surface area contributed by atoms with Crippen molar-refractivity contribution in [3.8, 4) is 11.5 Å². The molecule has 0 amide bonds. The first-order chi connectivity index (χ1) is 9.68. The maximum atomic E-state index is 5.53. The minimum absolute atomic E-state index is 0.371. The molecule has 2 aliphatic rings. The minimum atomic E-state index is 0.371. The number of hydrogen-bond acceptors (Lipinski definition) is 2. The molecule has 0 aromatic heterocycles. The minimum Gasteiger partial charge on any atom is -0.493 e. The molecule has 3 nitrogen and oxygen atoms in total. The number of nitrogens with one attached hydrogen (secondary N) is 1. The average Bonchev–Trinajstić information content (AvgIpc) is 2.46. The summed E-state index contributed by atoms with van der Waals surface area (Å²) in [6.45, 7) is 2.35. The van der Waals surface area contributed by atoms with Crippen LogP contribution in [0.15, 0.2) is 12.1 Å². The van der Waals surface area contributed by atoms with Crippen molar-refractivity contribution in [2.45, 2.75) is 44.1 Å². The number of fused-ring (bicyclic) bond motifs is 2. The Kier molecular flexibility index (Phi) is 3.63. The van der Waals surface area contributed by atoms with Gasteiger partial charge in [-0.05, 0) is 30.5 Å². The molecule has 0 bridgehead atoms. The van der Waals surface area contributed by atoms with Crippen molar-refractivity contribution in [3.05, 3.63) is 23.3 Å². The maximum absolute atomic E-state index is 5.53. The van der Waals surface area contributed by atoms with Crippen molar-refractivity contribution in [2.75, 3.05) is 27.8 Å². The number of likely N-dealkylation sites (N-methyl/N-ethyl adjacent to an activating group) is 1. The van der Waals surface area contributed by atoms with E-state index in [9.17, 15) is 0 Å². The Morgan fingerprint density at radius 3 is 2.30 bits per heavy atom. The van der Waals surface area contributed by atoms with Crippen LogP contribution < -0.4 is 14.4 Å². The fourth-order valence-corrected chi connectivity index (χ4v) is 4.30. The molecular weight excluding hydrogens is 250 g/mol. The summed E-state index contributed by atoms with van der Waals surface area (Å²) in [5.41, 5.74) is 3.35. The molecule has 1 heterocycles. The van der Waals surface area contributed by atoms with Crippen LogP contribution >= 0.6 is 0 Å². The van der Waals surface area contributed by atoms with Gasteiger partial charge in [-0.25, -0.2) is 0 Å². The van der Waals surface area contributed by atoms with Crippen LogP contribution in [0.3, 0.4) is 0 Å². The molecule has 1 fully saturated rings. The number of methoxy groups -OCH3 is 2. The summed E-state index contributed by atoms with van der Waals surface area (Å²) in [4.78, 5) is 1.62. The van der Waals surface area contributed by atoms with E-state index in [4.69, 9.17) is 9.47 Å². The fourth-order valence-electron chi connectivity index (χ4n) is 4.30. The number of ether oxygens (including phenoxy) is 2. The molecule has 1 aliphatic heterocycles. The lowest BCUT2D eigenvalue weighted by Gasteiger charge is -2.43. The van der Waals surface area contributed by atoms with Gasteiger partial charge in [-0.3, -0.25) is 0 Å². The van der Waals surface area contributed by atoms with E-state index in [1.165, 1.54) is 49.8 Å². The molecule has 1 aromatic carbocycles. The van der Waals surface area contributed by atoms with Crippen LogP contribution in [-0.4, -0.2) is 27.8 Å². The Balaban J connectivity index is 2.10. The third-order valence-corrected chi connectivity index (χ3v) is 5.12. The third kappa shape index (κ3) is 2.18. The number of rotatable bonds is 2. The van der Waals surface area contributed by atoms with Crippen LogP contribution in [0.1, 0.15) is 43.2 Å². The van der Waals surface area contributed by atoms with Gasteiger partial charge in [0.1, 0.15) is 6.54 Å². The van der Waals surface area contributed by atoms with Crippen molar-refractivity contribution >= 4 is 0 Å². The predicted molar refractivity (Wildman–Crippen MR) is 79.8 cm³/mol. The quantitative estimate of drug-likeness (QED) is 0.892. The topological polar surface area (TPSA) is 22.9 Å². The van der Waals surface area contributed by atoms with Crippen LogP contribution in [0, 0.1) is 0 Å². The van der Waals surface area contributed by atoms with E-state index in [2.05, 4.69) is 19.2 Å². The van der Waals surface area contributed by atoms with Gasteiger partial charge in [0, 0.05) is 11.0 Å². The molecule has 3 heteroatoms. The summed E-state index contributed by atoms with van der Waals surface area (Å²) in [5.74, 6) is 1.75. The second-order valence-electron chi connectivity index (χ2n) is 6.52. The largest absolute Gasteiger partial charge is 0.493 e. The van der Waals surface area contributed by atoms with Crippen LogP contribution in [0.4, 0.5) is 0 Å². The summed E-state index contributed by atoms with van der Waals surface area (Å²) >= 11 is 0. The SMILES string of the molecule is COc1cc2c(cc1OC)C1(CCCCC1)C[NH+](C)C2. The molecule has 1 saturated carbocycles. The van der Waals surface area contributed by atoms with E-state index in [0.29, 0.717) is 5.41 Å². The molecule has 1 aromatic rings. The second-order valence-corrected chi connectivity index (χ2v) is 6.52. The van der Waals surface area contributed by atoms with Gasteiger partial charge in [-0.2, -0.15) is 0 Å². The maximum Gasteiger partial charge on any atom is 0.161 e. The molecule has 110 valence electrons. The summed E-state index contributed by atoms with van der Waals surface area (Å²) in [7, 11) is 5.77. The zero-order valence-corrected chi connectivity index (χ0v) is 12.9. The predicted octanol–water partition coefficient (Wildman–Crippen LogP) is 1.93. The monoisotopic (exact) mass is 276 g/mol. The molecule has 1 spiro atoms. The average molecular weight is 276 g/mol. The van der Waals surface area contributed by atoms with Crippen molar-refractivity contribution < 1.29 is 14.4 Å². The standard InChI is InChI=1S/C17H25NO2/c1-18-11-13-9-15(19-2)16(20-3)10-14(13)17(12-18)7-5-4-6-8-17/h9-10H,4-8,11-12H2,1-3H3/p+1. The summed E-state index contributed by atoms with van der Waals surface area (Å²) in [6, 6.07) is 4.46. The summed E-state index contributed by atoms with van der Waals surface area (Å²) < 4.78 is 11.0. The van der Waals surface area contributed by atoms with Gasteiger partial charge in [-0.15, -0.1) is 0 Å². The molecule has 1 N–H and O–H groups in total. The van der Waals surface area contributed by atoms with Gasteiger partial charge in [0.05, 0.1) is 27.8 Å². The van der Waals surface area contributed by atoms with Gasteiger partial charge in [0.2, 0.25) is 0 Å². The van der Waals surface area contributed by atoms with Gasteiger partial charge in [-0.1, -0.05) is 19.3 Å². The van der Waals surface area contributed by atoms with Gasteiger partial charge in [0.25, 0.3) is 0 Å². The number of hydrogen-bond donors (Lipinski definition) is 1. The van der Waals surface area contributed by atoms with E-state index in [1.807, 2.05) is 0 Å². The van der Waals surface area contributed by atoms with E-state index in [-0.39, 0.29) is 0 Å². The van der Waals surface area contributed by atoms with E-state index in [1.54, 1.807) is 19.1 Å². The summed E-state index contributed by atoms with van der Waals surface area (Å²) in [5, 5.41) is 0. The molecular formula is C17H26NO2+. The molecule has 1 atom stereocenters. The van der Waals surface area contributed by atoms with Gasteiger partial charge in [0.15, 0.2) is 11.5 Å². The highest BCUT2D eigenvalue weighted by molar-refractivity contribution is 5.50. The molecule has 0 saturated heterocycles. The lowest BCUT2D eigenvalue weighted by atomic mass is 9.66. The Hall–Kier alpha value is -1.22. The Morgan fingerprint density at radius 2 is 1.65 bits per heavy atom. The summed E-state index contributed by atoms with van der Waals surface area (Å²) in [6.07, 6.45) is 6.77. The third-order valence-electron chi connectivity index (χ3n) is 5.12. The first-order valence-corrected chi connectivity index (χ1v) is 7.75. The Bertz CT molecular complexity index is 492. The smallest absolute Gasteiger partial charge is 0.161 e. The van der Waals surface area contributed by atoms with Crippen LogP contribution in [0.25, 0.3) is 0 Å². The zero-order valence-electron chi connectivity index (χ0n) is 12.9. The first kappa shape index (κ1) is 13.7. The van der Waals surface area contributed by atoms with Crippen molar-refractivity contribution in [2.24, 2.45) is 0 Å². The van der Waals surface area contributed by atoms with Crippen molar-refractivity contribution in [1.82, 2.24) is 0 Å². The molecule has 20 heavy (non-hydrogen) atoms. The first-order valence-electron chi connectivity index (χ1n) is 7.75. The van der Waals surface area contributed by atoms with Gasteiger partial charge < -0.3 is 14.4 Å². The van der Waals surface area contributed by atoms with E-state index < -0.39 is 0 Å². The Morgan fingerprint density at radius 1 is 1.00 bits per heavy atom. The van der Waals surface area contributed by atoms with Crippen LogP contribution in [0.5, 0.6) is 11.5 Å². The molecule has 1 aliphatic carbocycles. The van der Waals surface area contributed by atoms with E-state index in [0.717, 1.165) is 18.0 Å². The number of quaternary nitrogens is 1. The Labute approximate surface area is 121 Å². The fraction of sp³-hybridized carbons (Fsp3) is 0.647. The lowest BCUT2D eigenvalue weighted by molar-refractivity contribution is -0.901. The van der Waals surface area contributed by atoms with E-state index >= 15 is 0 Å². The van der Waals surface area contributed by atoms with Crippen molar-refractivity contribution in [1.29, 1.82) is 0 Å². The van der Waals surface area contributed by atoms with Crippen LogP contribution in [0.2, 0.25) is 0 Å². The molecule has 3 rings (SSSR count).